The van der Waals surface area contributed by atoms with Crippen molar-refractivity contribution < 1.29 is 0 Å². The Morgan fingerprint density at radius 3 is 2.32 bits per heavy atom. The Morgan fingerprint density at radius 1 is 1.27 bits per heavy atom. The van der Waals surface area contributed by atoms with Gasteiger partial charge < -0.3 is 10.3 Å². The quantitative estimate of drug-likeness (QED) is 0.905. The summed E-state index contributed by atoms with van der Waals surface area (Å²) in [4.78, 5) is 30.0. The maximum atomic E-state index is 12.8. The highest BCUT2D eigenvalue weighted by Crippen LogP contribution is 2.23. The van der Waals surface area contributed by atoms with E-state index < -0.39 is 0 Å². The number of nitrogens with two attached hydrogens (primary N) is 1. The first kappa shape index (κ1) is 16.5. The summed E-state index contributed by atoms with van der Waals surface area (Å²) in [5.74, 6) is 0.777. The minimum absolute atomic E-state index is 0.223. The first-order valence-electron chi connectivity index (χ1n) is 7.57. The summed E-state index contributed by atoms with van der Waals surface area (Å²) in [6, 6.07) is -0.352. The van der Waals surface area contributed by atoms with Gasteiger partial charge >= 0.3 is 5.69 Å². The van der Waals surface area contributed by atoms with Crippen LogP contribution in [0.1, 0.15) is 46.5 Å². The molecule has 2 aromatic rings. The van der Waals surface area contributed by atoms with E-state index in [1.54, 1.807) is 11.5 Å². The van der Waals surface area contributed by atoms with Crippen molar-refractivity contribution in [2.24, 2.45) is 12.8 Å². The Bertz CT molecular complexity index is 820. The number of nitrogens with zero attached hydrogens (tertiary/aromatic N) is 4. The van der Waals surface area contributed by atoms with Gasteiger partial charge in [-0.1, -0.05) is 20.8 Å². The highest BCUT2D eigenvalue weighted by Gasteiger charge is 2.26. The van der Waals surface area contributed by atoms with Crippen molar-refractivity contribution in [3.05, 3.63) is 26.7 Å². The van der Waals surface area contributed by atoms with Crippen LogP contribution in [0.2, 0.25) is 0 Å². The van der Waals surface area contributed by atoms with Gasteiger partial charge in [0.25, 0.3) is 5.56 Å². The fourth-order valence-corrected chi connectivity index (χ4v) is 2.78. The molecular weight excluding hydrogens is 282 g/mol. The molecule has 122 valence electrons. The number of hydrogen-bond acceptors (Lipinski definition) is 4. The van der Waals surface area contributed by atoms with Crippen LogP contribution in [0.4, 0.5) is 0 Å². The molecule has 0 aliphatic carbocycles. The molecule has 2 rings (SSSR count). The van der Waals surface area contributed by atoms with Crippen LogP contribution in [0.25, 0.3) is 11.2 Å². The first-order valence-corrected chi connectivity index (χ1v) is 7.57. The molecule has 0 saturated heterocycles. The lowest BCUT2D eigenvalue weighted by Crippen LogP contribution is -2.43. The van der Waals surface area contributed by atoms with Crippen LogP contribution < -0.4 is 17.0 Å². The standard InChI is InChI=1S/C15H25N5O2/c1-7-19-11-10(18(6)13(17-11)15(3,4)5)12(21)20(14(19)22)9(2)8-16/h9H,7-8,16H2,1-6H3. The highest BCUT2D eigenvalue weighted by atomic mass is 16.2. The van der Waals surface area contributed by atoms with E-state index >= 15 is 0 Å². The summed E-state index contributed by atoms with van der Waals surface area (Å²) in [6.45, 7) is 10.4. The SMILES string of the molecule is CCn1c(=O)n(C(C)CN)c(=O)c2c1nc(C(C)(C)C)n2C. The summed E-state index contributed by atoms with van der Waals surface area (Å²) < 4.78 is 4.57. The lowest BCUT2D eigenvalue weighted by molar-refractivity contribution is 0.492. The fraction of sp³-hybridized carbons (Fsp3) is 0.667. The fourth-order valence-electron chi connectivity index (χ4n) is 2.78. The smallest absolute Gasteiger partial charge is 0.328 e. The van der Waals surface area contributed by atoms with E-state index in [0.29, 0.717) is 17.7 Å². The van der Waals surface area contributed by atoms with E-state index in [-0.39, 0.29) is 29.3 Å². The highest BCUT2D eigenvalue weighted by molar-refractivity contribution is 5.71. The summed E-state index contributed by atoms with van der Waals surface area (Å²) >= 11 is 0. The van der Waals surface area contributed by atoms with Gasteiger partial charge in [-0.15, -0.1) is 0 Å². The van der Waals surface area contributed by atoms with Crippen molar-refractivity contribution in [3.63, 3.8) is 0 Å². The summed E-state index contributed by atoms with van der Waals surface area (Å²) in [7, 11) is 1.82. The molecule has 1 unspecified atom stereocenters. The van der Waals surface area contributed by atoms with Gasteiger partial charge in [0.1, 0.15) is 5.82 Å². The van der Waals surface area contributed by atoms with E-state index in [4.69, 9.17) is 5.73 Å². The van der Waals surface area contributed by atoms with E-state index in [2.05, 4.69) is 4.98 Å². The van der Waals surface area contributed by atoms with Gasteiger partial charge in [0.15, 0.2) is 11.2 Å². The average molecular weight is 307 g/mol. The molecule has 7 heteroatoms. The lowest BCUT2D eigenvalue weighted by atomic mass is 9.96. The summed E-state index contributed by atoms with van der Waals surface area (Å²) in [5.41, 5.74) is 5.66. The second kappa shape index (κ2) is 5.39. The maximum Gasteiger partial charge on any atom is 0.333 e. The maximum absolute atomic E-state index is 12.8. The Labute approximate surface area is 129 Å². The van der Waals surface area contributed by atoms with Crippen LogP contribution in [0, 0.1) is 0 Å². The van der Waals surface area contributed by atoms with Gasteiger partial charge in [0, 0.05) is 25.6 Å². The van der Waals surface area contributed by atoms with Crippen LogP contribution in [0.15, 0.2) is 9.59 Å². The molecule has 0 aliphatic heterocycles. The molecule has 22 heavy (non-hydrogen) atoms. The minimum atomic E-state index is -0.352. The predicted molar refractivity (Wildman–Crippen MR) is 87.4 cm³/mol. The van der Waals surface area contributed by atoms with E-state index in [0.717, 1.165) is 5.82 Å². The molecule has 0 fully saturated rings. The van der Waals surface area contributed by atoms with Crippen LogP contribution >= 0.6 is 0 Å². The molecule has 0 saturated carbocycles. The molecule has 1 atom stereocenters. The molecule has 2 aromatic heterocycles. The first-order chi connectivity index (χ1) is 10.1. The summed E-state index contributed by atoms with van der Waals surface area (Å²) in [5, 5.41) is 0. The Morgan fingerprint density at radius 2 is 1.86 bits per heavy atom. The number of fused-ring (bicyclic) bond motifs is 1. The monoisotopic (exact) mass is 307 g/mol. The molecule has 2 N–H and O–H groups in total. The van der Waals surface area contributed by atoms with Gasteiger partial charge in [-0.2, -0.15) is 0 Å². The van der Waals surface area contributed by atoms with Crippen LogP contribution in [0.3, 0.4) is 0 Å². The predicted octanol–water partition coefficient (Wildman–Crippen LogP) is 0.734. The molecule has 2 heterocycles. The van der Waals surface area contributed by atoms with Crippen LogP contribution in [-0.2, 0) is 19.0 Å². The van der Waals surface area contributed by atoms with Crippen molar-refractivity contribution in [1.29, 1.82) is 0 Å². The summed E-state index contributed by atoms with van der Waals surface area (Å²) in [6.07, 6.45) is 0. The molecule has 7 nitrogen and oxygen atoms in total. The third kappa shape index (κ3) is 2.29. The average Bonchev–Trinajstić information content (AvgIpc) is 2.77. The third-order valence-corrected chi connectivity index (χ3v) is 3.96. The molecule has 0 amide bonds. The van der Waals surface area contributed by atoms with Crippen LogP contribution in [-0.4, -0.2) is 25.2 Å². The van der Waals surface area contributed by atoms with Crippen molar-refractivity contribution in [2.75, 3.05) is 6.54 Å². The number of aromatic nitrogens is 4. The Hall–Kier alpha value is -1.89. The second-order valence-corrected chi connectivity index (χ2v) is 6.70. The topological polar surface area (TPSA) is 87.8 Å². The van der Waals surface area contributed by atoms with E-state index in [1.807, 2.05) is 34.7 Å². The van der Waals surface area contributed by atoms with E-state index in [9.17, 15) is 9.59 Å². The number of aryl methyl sites for hydroxylation is 2. The molecule has 0 spiro atoms. The van der Waals surface area contributed by atoms with Gasteiger partial charge in [-0.25, -0.2) is 9.78 Å². The number of imidazole rings is 1. The van der Waals surface area contributed by atoms with Crippen molar-refractivity contribution in [3.8, 4) is 0 Å². The molecule has 0 radical (unpaired) electrons. The molecule has 0 aromatic carbocycles. The van der Waals surface area contributed by atoms with Crippen molar-refractivity contribution in [2.45, 2.75) is 52.6 Å². The second-order valence-electron chi connectivity index (χ2n) is 6.70. The zero-order valence-electron chi connectivity index (χ0n) is 14.2. The molecule has 0 aliphatic rings. The van der Waals surface area contributed by atoms with Crippen molar-refractivity contribution in [1.82, 2.24) is 18.7 Å². The van der Waals surface area contributed by atoms with Gasteiger partial charge in [0.2, 0.25) is 0 Å². The zero-order chi connectivity index (χ0) is 16.8. The number of rotatable bonds is 3. The van der Waals surface area contributed by atoms with Gasteiger partial charge in [-0.05, 0) is 13.8 Å². The third-order valence-electron chi connectivity index (χ3n) is 3.96. The Balaban J connectivity index is 3.04. The normalized spacial score (nSPS) is 13.8. The number of hydrogen-bond donors (Lipinski definition) is 1. The molecular formula is C15H25N5O2. The zero-order valence-corrected chi connectivity index (χ0v) is 14.2. The van der Waals surface area contributed by atoms with Gasteiger partial charge in [-0.3, -0.25) is 13.9 Å². The minimum Gasteiger partial charge on any atom is -0.328 e. The Kier molecular flexibility index (Phi) is 4.04. The van der Waals surface area contributed by atoms with E-state index in [1.165, 1.54) is 9.13 Å². The lowest BCUT2D eigenvalue weighted by Gasteiger charge is -2.17. The molecule has 0 bridgehead atoms. The largest absolute Gasteiger partial charge is 0.333 e. The van der Waals surface area contributed by atoms with Crippen molar-refractivity contribution >= 4 is 11.2 Å². The van der Waals surface area contributed by atoms with Gasteiger partial charge in [0.05, 0.1) is 6.04 Å². The van der Waals surface area contributed by atoms with Crippen LogP contribution in [0.5, 0.6) is 0 Å².